The number of amides is 2. The third kappa shape index (κ3) is 3.56. The maximum absolute atomic E-state index is 12.9. The van der Waals surface area contributed by atoms with Gasteiger partial charge in [0.05, 0.1) is 5.69 Å². The number of carbonyl (C=O) groups is 2. The van der Waals surface area contributed by atoms with Crippen molar-refractivity contribution in [2.24, 2.45) is 0 Å². The van der Waals surface area contributed by atoms with Gasteiger partial charge in [-0.25, -0.2) is 4.39 Å². The lowest BCUT2D eigenvalue weighted by atomic mass is 10.1. The molecule has 23 heavy (non-hydrogen) atoms. The Morgan fingerprint density at radius 2 is 2.04 bits per heavy atom. The smallest absolute Gasteiger partial charge is 0.269 e. The second-order valence-corrected chi connectivity index (χ2v) is 5.49. The van der Waals surface area contributed by atoms with Crippen LogP contribution in [0.3, 0.4) is 0 Å². The highest BCUT2D eigenvalue weighted by Crippen LogP contribution is 2.18. The van der Waals surface area contributed by atoms with Gasteiger partial charge in [0.2, 0.25) is 5.91 Å². The van der Waals surface area contributed by atoms with E-state index in [1.807, 2.05) is 0 Å². The monoisotopic (exact) mass is 316 g/mol. The fourth-order valence-electron chi connectivity index (χ4n) is 2.52. The van der Waals surface area contributed by atoms with Crippen LogP contribution >= 0.6 is 0 Å². The number of carbonyl (C=O) groups excluding carboxylic acids is 2. The van der Waals surface area contributed by atoms with Crippen LogP contribution < -0.4 is 10.6 Å². The Hall–Kier alpha value is -2.70. The summed E-state index contributed by atoms with van der Waals surface area (Å²) in [6.07, 6.45) is 2.42. The quantitative estimate of drug-likeness (QED) is 0.804. The summed E-state index contributed by atoms with van der Waals surface area (Å²) in [7, 11) is 0. The number of nitrogens with zero attached hydrogens (tertiary/aromatic N) is 1. The molecule has 1 aliphatic rings. The minimum absolute atomic E-state index is 0.158. The predicted octanol–water partition coefficient (Wildman–Crippen LogP) is 1.61. The molecule has 0 spiro atoms. The number of hydrogen-bond donors (Lipinski definition) is 3. The van der Waals surface area contributed by atoms with Crippen LogP contribution in [0, 0.1) is 5.82 Å². The molecule has 6 nitrogen and oxygen atoms in total. The van der Waals surface area contributed by atoms with E-state index in [1.165, 1.54) is 12.1 Å². The first-order chi connectivity index (χ1) is 11.1. The lowest BCUT2D eigenvalue weighted by Gasteiger charge is -2.14. The topological polar surface area (TPSA) is 86.9 Å². The third-order valence-electron chi connectivity index (χ3n) is 3.80. The van der Waals surface area contributed by atoms with Crippen LogP contribution in [-0.2, 0) is 4.79 Å². The lowest BCUT2D eigenvalue weighted by Crippen LogP contribution is -2.45. The maximum Gasteiger partial charge on any atom is 0.269 e. The molecule has 3 N–H and O–H groups in total. The van der Waals surface area contributed by atoms with E-state index in [0.717, 1.165) is 12.8 Å². The van der Waals surface area contributed by atoms with E-state index in [2.05, 4.69) is 20.8 Å². The fourth-order valence-corrected chi connectivity index (χ4v) is 2.52. The highest BCUT2D eigenvalue weighted by Gasteiger charge is 2.23. The van der Waals surface area contributed by atoms with E-state index in [1.54, 1.807) is 18.2 Å². The zero-order valence-corrected chi connectivity index (χ0v) is 12.4. The average Bonchev–Trinajstić information content (AvgIpc) is 2.95. The van der Waals surface area contributed by atoms with Crippen LogP contribution in [0.4, 0.5) is 4.39 Å². The van der Waals surface area contributed by atoms with Gasteiger partial charge in [-0.15, -0.1) is 0 Å². The Balaban J connectivity index is 1.70. The second kappa shape index (κ2) is 6.60. The van der Waals surface area contributed by atoms with Crippen molar-refractivity contribution in [2.45, 2.75) is 25.3 Å². The largest absolute Gasteiger partial charge is 0.354 e. The molecule has 0 unspecified atom stereocenters. The van der Waals surface area contributed by atoms with Crippen molar-refractivity contribution in [1.29, 1.82) is 0 Å². The normalized spacial score (nSPS) is 18.1. The molecule has 1 aromatic carbocycles. The molecule has 1 saturated heterocycles. The molecule has 0 saturated carbocycles. The van der Waals surface area contributed by atoms with E-state index < -0.39 is 6.04 Å². The van der Waals surface area contributed by atoms with Crippen LogP contribution in [0.1, 0.15) is 29.8 Å². The average molecular weight is 316 g/mol. The van der Waals surface area contributed by atoms with Gasteiger partial charge in [0.1, 0.15) is 17.6 Å². The molecule has 0 aliphatic carbocycles. The number of halogens is 1. The van der Waals surface area contributed by atoms with E-state index in [0.29, 0.717) is 24.2 Å². The van der Waals surface area contributed by atoms with Gasteiger partial charge in [0.25, 0.3) is 5.91 Å². The van der Waals surface area contributed by atoms with E-state index in [9.17, 15) is 14.0 Å². The first-order valence-electron chi connectivity index (χ1n) is 7.53. The Morgan fingerprint density at radius 3 is 2.83 bits per heavy atom. The number of aromatic amines is 1. The standard InChI is InChI=1S/C16H17FN4O2/c17-11-6-4-10(5-7-11)13-9-14(21-20-13)16(23)19-12-3-1-2-8-18-15(12)22/h4-7,9,12H,1-3,8H2,(H,18,22)(H,19,23)(H,20,21)/t12-/m0/s1. The van der Waals surface area contributed by atoms with Crippen molar-refractivity contribution in [3.63, 3.8) is 0 Å². The minimum atomic E-state index is -0.525. The minimum Gasteiger partial charge on any atom is -0.354 e. The molecule has 3 rings (SSSR count). The zero-order valence-electron chi connectivity index (χ0n) is 12.4. The van der Waals surface area contributed by atoms with Gasteiger partial charge in [-0.3, -0.25) is 14.7 Å². The van der Waals surface area contributed by atoms with Crippen molar-refractivity contribution in [3.05, 3.63) is 41.8 Å². The fraction of sp³-hybridized carbons (Fsp3) is 0.312. The van der Waals surface area contributed by atoms with Crippen molar-refractivity contribution in [1.82, 2.24) is 20.8 Å². The number of H-pyrrole nitrogens is 1. The Morgan fingerprint density at radius 1 is 1.26 bits per heavy atom. The first kappa shape index (κ1) is 15.2. The van der Waals surface area contributed by atoms with Gasteiger partial charge in [0, 0.05) is 12.1 Å². The van der Waals surface area contributed by atoms with E-state index >= 15 is 0 Å². The molecule has 120 valence electrons. The molecule has 0 bridgehead atoms. The number of benzene rings is 1. The first-order valence-corrected chi connectivity index (χ1v) is 7.53. The number of nitrogens with one attached hydrogen (secondary N) is 3. The van der Waals surface area contributed by atoms with Crippen molar-refractivity contribution >= 4 is 11.8 Å². The van der Waals surface area contributed by atoms with Gasteiger partial charge in [-0.05, 0) is 49.6 Å². The molecule has 7 heteroatoms. The van der Waals surface area contributed by atoms with Crippen LogP contribution in [0.2, 0.25) is 0 Å². The summed E-state index contributed by atoms with van der Waals surface area (Å²) >= 11 is 0. The van der Waals surface area contributed by atoms with Gasteiger partial charge in [0.15, 0.2) is 0 Å². The molecule has 1 fully saturated rings. The summed E-state index contributed by atoms with van der Waals surface area (Å²) in [5.41, 5.74) is 1.51. The van der Waals surface area contributed by atoms with Gasteiger partial charge < -0.3 is 10.6 Å². The Kier molecular flexibility index (Phi) is 4.36. The third-order valence-corrected chi connectivity index (χ3v) is 3.80. The molecular formula is C16H17FN4O2. The zero-order chi connectivity index (χ0) is 16.2. The van der Waals surface area contributed by atoms with Crippen LogP contribution in [0.25, 0.3) is 11.3 Å². The highest BCUT2D eigenvalue weighted by atomic mass is 19.1. The molecule has 1 aliphatic heterocycles. The summed E-state index contributed by atoms with van der Waals surface area (Å²) in [5, 5.41) is 12.2. The summed E-state index contributed by atoms with van der Waals surface area (Å²) in [5.74, 6) is -0.872. The molecule has 2 heterocycles. The summed E-state index contributed by atoms with van der Waals surface area (Å²) < 4.78 is 12.9. The van der Waals surface area contributed by atoms with Gasteiger partial charge >= 0.3 is 0 Å². The van der Waals surface area contributed by atoms with Crippen LogP contribution in [0.15, 0.2) is 30.3 Å². The highest BCUT2D eigenvalue weighted by molar-refractivity contribution is 5.96. The number of rotatable bonds is 3. The SMILES string of the molecule is O=C(N[C@H]1CCCCNC1=O)c1cc(-c2ccc(F)cc2)n[nH]1. The number of aromatic nitrogens is 2. The van der Waals surface area contributed by atoms with E-state index in [4.69, 9.17) is 0 Å². The van der Waals surface area contributed by atoms with Crippen molar-refractivity contribution < 1.29 is 14.0 Å². The molecule has 1 atom stereocenters. The molecule has 0 radical (unpaired) electrons. The van der Waals surface area contributed by atoms with E-state index in [-0.39, 0.29) is 23.3 Å². The Labute approximate surface area is 132 Å². The van der Waals surface area contributed by atoms with Crippen LogP contribution in [-0.4, -0.2) is 34.6 Å². The Bertz CT molecular complexity index is 711. The van der Waals surface area contributed by atoms with Crippen molar-refractivity contribution in [2.75, 3.05) is 6.54 Å². The lowest BCUT2D eigenvalue weighted by molar-refractivity contribution is -0.122. The summed E-state index contributed by atoms with van der Waals surface area (Å²) in [6.45, 7) is 0.643. The van der Waals surface area contributed by atoms with Gasteiger partial charge in [-0.1, -0.05) is 0 Å². The van der Waals surface area contributed by atoms with Crippen molar-refractivity contribution in [3.8, 4) is 11.3 Å². The van der Waals surface area contributed by atoms with Gasteiger partial charge in [-0.2, -0.15) is 5.10 Å². The summed E-state index contributed by atoms with van der Waals surface area (Å²) in [6, 6.07) is 6.90. The number of hydrogen-bond acceptors (Lipinski definition) is 3. The molecule has 2 aromatic rings. The molecular weight excluding hydrogens is 299 g/mol. The second-order valence-electron chi connectivity index (χ2n) is 5.49. The molecule has 1 aromatic heterocycles. The molecule has 2 amide bonds. The maximum atomic E-state index is 12.9. The summed E-state index contributed by atoms with van der Waals surface area (Å²) in [4.78, 5) is 24.1. The van der Waals surface area contributed by atoms with Crippen LogP contribution in [0.5, 0.6) is 0 Å². The predicted molar refractivity (Wildman–Crippen MR) is 82.1 cm³/mol.